The van der Waals surface area contributed by atoms with E-state index in [0.29, 0.717) is 17.9 Å². The summed E-state index contributed by atoms with van der Waals surface area (Å²) in [5.41, 5.74) is 1.25. The first-order valence-electron chi connectivity index (χ1n) is 9.47. The van der Waals surface area contributed by atoms with Crippen LogP contribution in [0.15, 0.2) is 48.5 Å². The molecule has 2 rings (SSSR count). The Bertz CT molecular complexity index is 723. The van der Waals surface area contributed by atoms with Gasteiger partial charge in [0.15, 0.2) is 0 Å². The molecule has 0 fully saturated rings. The predicted octanol–water partition coefficient (Wildman–Crippen LogP) is 5.38. The van der Waals surface area contributed by atoms with Gasteiger partial charge in [0.2, 0.25) is 0 Å². The first kappa shape index (κ1) is 20.5. The number of carboxylic acid groups (broad SMARTS) is 1. The summed E-state index contributed by atoms with van der Waals surface area (Å²) in [5, 5.41) is 11.6. The van der Waals surface area contributed by atoms with E-state index in [-0.39, 0.29) is 11.5 Å². The summed E-state index contributed by atoms with van der Waals surface area (Å²) < 4.78 is 5.71. The molecule has 0 atom stereocenters. The first-order valence-corrected chi connectivity index (χ1v) is 9.47. The van der Waals surface area contributed by atoms with E-state index < -0.39 is 5.97 Å². The van der Waals surface area contributed by atoms with E-state index in [1.165, 1.54) is 44.2 Å². The number of amides is 1. The quantitative estimate of drug-likeness (QED) is 0.522. The van der Waals surface area contributed by atoms with Crippen molar-refractivity contribution in [1.82, 2.24) is 0 Å². The van der Waals surface area contributed by atoms with Gasteiger partial charge in [-0.3, -0.25) is 4.79 Å². The monoisotopic (exact) mass is 369 g/mol. The average Bonchev–Trinajstić information content (AvgIpc) is 2.68. The van der Waals surface area contributed by atoms with Crippen LogP contribution in [0.3, 0.4) is 0 Å². The Kier molecular flexibility index (Phi) is 8.36. The molecule has 0 aromatic heterocycles. The summed E-state index contributed by atoms with van der Waals surface area (Å²) in [6, 6.07) is 13.1. The molecule has 0 saturated heterocycles. The highest BCUT2D eigenvalue weighted by Gasteiger charge is 2.07. The molecule has 0 aliphatic heterocycles. The maximum Gasteiger partial charge on any atom is 0.335 e. The summed E-state index contributed by atoms with van der Waals surface area (Å²) in [7, 11) is 0. The van der Waals surface area contributed by atoms with Crippen LogP contribution in [0.2, 0.25) is 0 Å². The highest BCUT2D eigenvalue weighted by atomic mass is 16.5. The summed E-state index contributed by atoms with van der Waals surface area (Å²) in [5.74, 6) is -0.490. The molecule has 2 N–H and O–H groups in total. The van der Waals surface area contributed by atoms with E-state index in [2.05, 4.69) is 12.2 Å². The number of carbonyl (C=O) groups is 2. The first-order chi connectivity index (χ1) is 13.1. The Morgan fingerprint density at radius 1 is 0.852 bits per heavy atom. The zero-order chi connectivity index (χ0) is 19.5. The molecule has 5 heteroatoms. The van der Waals surface area contributed by atoms with Crippen LogP contribution >= 0.6 is 0 Å². The van der Waals surface area contributed by atoms with Crippen molar-refractivity contribution < 1.29 is 19.4 Å². The minimum atomic E-state index is -0.996. The fraction of sp³-hybridized carbons (Fsp3) is 0.364. The fourth-order valence-corrected chi connectivity index (χ4v) is 2.67. The molecule has 0 unspecified atom stereocenters. The van der Waals surface area contributed by atoms with Crippen molar-refractivity contribution in [2.45, 2.75) is 45.4 Å². The third-order valence-corrected chi connectivity index (χ3v) is 4.27. The van der Waals surface area contributed by atoms with Crippen molar-refractivity contribution >= 4 is 17.6 Å². The van der Waals surface area contributed by atoms with Gasteiger partial charge in [-0.2, -0.15) is 0 Å². The van der Waals surface area contributed by atoms with Gasteiger partial charge in [-0.1, -0.05) is 39.0 Å². The fourth-order valence-electron chi connectivity index (χ4n) is 2.67. The molecule has 0 saturated carbocycles. The Labute approximate surface area is 160 Å². The van der Waals surface area contributed by atoms with Crippen LogP contribution in [0.4, 0.5) is 5.69 Å². The van der Waals surface area contributed by atoms with Gasteiger partial charge in [-0.05, 0) is 55.0 Å². The van der Waals surface area contributed by atoms with Crippen LogP contribution in [0.5, 0.6) is 5.75 Å². The molecule has 2 aromatic rings. The van der Waals surface area contributed by atoms with E-state index >= 15 is 0 Å². The lowest BCUT2D eigenvalue weighted by atomic mass is 10.1. The van der Waals surface area contributed by atoms with Crippen LogP contribution in [0.25, 0.3) is 0 Å². The number of aromatic carboxylic acids is 1. The molecular weight excluding hydrogens is 342 g/mol. The Hall–Kier alpha value is -2.82. The van der Waals surface area contributed by atoms with E-state index in [1.54, 1.807) is 36.4 Å². The van der Waals surface area contributed by atoms with Gasteiger partial charge < -0.3 is 15.2 Å². The van der Waals surface area contributed by atoms with Gasteiger partial charge in [0, 0.05) is 11.3 Å². The van der Waals surface area contributed by atoms with Gasteiger partial charge in [0.25, 0.3) is 5.91 Å². The zero-order valence-corrected chi connectivity index (χ0v) is 15.7. The molecule has 0 heterocycles. The predicted molar refractivity (Wildman–Crippen MR) is 107 cm³/mol. The largest absolute Gasteiger partial charge is 0.494 e. The molecule has 144 valence electrons. The zero-order valence-electron chi connectivity index (χ0n) is 15.7. The van der Waals surface area contributed by atoms with Crippen molar-refractivity contribution in [2.75, 3.05) is 11.9 Å². The molecule has 0 aliphatic carbocycles. The van der Waals surface area contributed by atoms with E-state index in [9.17, 15) is 9.59 Å². The lowest BCUT2D eigenvalue weighted by Crippen LogP contribution is -2.12. The van der Waals surface area contributed by atoms with Gasteiger partial charge >= 0.3 is 5.97 Å². The second-order valence-corrected chi connectivity index (χ2v) is 6.48. The molecule has 0 bridgehead atoms. The van der Waals surface area contributed by atoms with Crippen molar-refractivity contribution in [3.63, 3.8) is 0 Å². The number of carbonyl (C=O) groups excluding carboxylic acids is 1. The van der Waals surface area contributed by atoms with Crippen LogP contribution < -0.4 is 10.1 Å². The SMILES string of the molecule is CCCCCCCCOc1ccc(C(=O)Nc2ccc(C(=O)O)cc2)cc1. The van der Waals surface area contributed by atoms with Crippen molar-refractivity contribution in [3.05, 3.63) is 59.7 Å². The van der Waals surface area contributed by atoms with Crippen LogP contribution in [-0.2, 0) is 0 Å². The number of anilines is 1. The van der Waals surface area contributed by atoms with Crippen LogP contribution in [-0.4, -0.2) is 23.6 Å². The van der Waals surface area contributed by atoms with Gasteiger partial charge in [-0.25, -0.2) is 4.79 Å². The number of unbranched alkanes of at least 4 members (excludes halogenated alkanes) is 5. The second kappa shape index (κ2) is 11.0. The molecule has 0 spiro atoms. The summed E-state index contributed by atoms with van der Waals surface area (Å²) >= 11 is 0. The lowest BCUT2D eigenvalue weighted by molar-refractivity contribution is 0.0696. The number of carboxylic acids is 1. The molecular formula is C22H27NO4. The molecule has 0 radical (unpaired) electrons. The van der Waals surface area contributed by atoms with Gasteiger partial charge in [-0.15, -0.1) is 0 Å². The number of ether oxygens (including phenoxy) is 1. The number of benzene rings is 2. The minimum absolute atomic E-state index is 0.180. The summed E-state index contributed by atoms with van der Waals surface area (Å²) in [4.78, 5) is 23.1. The smallest absolute Gasteiger partial charge is 0.335 e. The number of rotatable bonds is 11. The Morgan fingerprint density at radius 3 is 2.07 bits per heavy atom. The maximum atomic E-state index is 12.3. The van der Waals surface area contributed by atoms with E-state index in [4.69, 9.17) is 9.84 Å². The highest BCUT2D eigenvalue weighted by Crippen LogP contribution is 2.16. The van der Waals surface area contributed by atoms with Gasteiger partial charge in [0.1, 0.15) is 5.75 Å². The maximum absolute atomic E-state index is 12.3. The van der Waals surface area contributed by atoms with Crippen LogP contribution in [0, 0.1) is 0 Å². The van der Waals surface area contributed by atoms with Crippen molar-refractivity contribution in [1.29, 1.82) is 0 Å². The number of nitrogens with one attached hydrogen (secondary N) is 1. The third-order valence-electron chi connectivity index (χ3n) is 4.27. The molecule has 27 heavy (non-hydrogen) atoms. The standard InChI is InChI=1S/C22H27NO4/c1-2-3-4-5-6-7-16-27-20-14-10-17(11-15-20)21(24)23-19-12-8-18(9-13-19)22(25)26/h8-15H,2-7,16H2,1H3,(H,23,24)(H,25,26). The third kappa shape index (κ3) is 7.13. The van der Waals surface area contributed by atoms with Crippen molar-refractivity contribution in [2.24, 2.45) is 0 Å². The second-order valence-electron chi connectivity index (χ2n) is 6.48. The normalized spacial score (nSPS) is 10.4. The molecule has 5 nitrogen and oxygen atoms in total. The topological polar surface area (TPSA) is 75.6 Å². The highest BCUT2D eigenvalue weighted by molar-refractivity contribution is 6.04. The Balaban J connectivity index is 1.76. The van der Waals surface area contributed by atoms with Gasteiger partial charge in [0.05, 0.1) is 12.2 Å². The Morgan fingerprint density at radius 2 is 1.44 bits per heavy atom. The average molecular weight is 369 g/mol. The van der Waals surface area contributed by atoms with Crippen LogP contribution in [0.1, 0.15) is 66.2 Å². The number of hydrogen-bond acceptors (Lipinski definition) is 3. The minimum Gasteiger partial charge on any atom is -0.494 e. The molecule has 2 aromatic carbocycles. The van der Waals surface area contributed by atoms with E-state index in [1.807, 2.05) is 0 Å². The molecule has 0 aliphatic rings. The number of hydrogen-bond donors (Lipinski definition) is 2. The summed E-state index contributed by atoms with van der Waals surface area (Å²) in [6.45, 7) is 2.90. The molecule has 1 amide bonds. The lowest BCUT2D eigenvalue weighted by Gasteiger charge is -2.08. The summed E-state index contributed by atoms with van der Waals surface area (Å²) in [6.07, 6.45) is 7.32. The van der Waals surface area contributed by atoms with E-state index in [0.717, 1.165) is 12.2 Å². The van der Waals surface area contributed by atoms with Crippen molar-refractivity contribution in [3.8, 4) is 5.75 Å².